The third-order valence-corrected chi connectivity index (χ3v) is 7.52. The molecular weight excluding hydrogens is 465 g/mol. The predicted molar refractivity (Wildman–Crippen MR) is 135 cm³/mol. The van der Waals surface area contributed by atoms with Crippen molar-refractivity contribution in [2.45, 2.75) is 33.7 Å². The van der Waals surface area contributed by atoms with Gasteiger partial charge in [0.25, 0.3) is 0 Å². The molecule has 2 atom stereocenters. The minimum atomic E-state index is -0.946. The maximum absolute atomic E-state index is 13.6. The van der Waals surface area contributed by atoms with Gasteiger partial charge in [-0.3, -0.25) is 14.4 Å². The number of benzene rings is 2. The lowest BCUT2D eigenvalue weighted by Crippen LogP contribution is -2.21. The molecule has 2 aromatic carbocycles. The van der Waals surface area contributed by atoms with Crippen LogP contribution >= 0.6 is 11.3 Å². The lowest BCUT2D eigenvalue weighted by atomic mass is 9.98. The summed E-state index contributed by atoms with van der Waals surface area (Å²) in [6.45, 7) is 7.63. The third kappa shape index (κ3) is 4.01. The highest BCUT2D eigenvalue weighted by atomic mass is 32.1. The molecule has 3 heterocycles. The molecule has 2 N–H and O–H groups in total. The number of halogens is 1. The molecule has 1 unspecified atom stereocenters. The monoisotopic (exact) mass is 489 g/mol. The molecule has 0 spiro atoms. The quantitative estimate of drug-likeness (QED) is 0.372. The summed E-state index contributed by atoms with van der Waals surface area (Å²) < 4.78 is 15.5. The summed E-state index contributed by atoms with van der Waals surface area (Å²) in [5.74, 6) is -0.832. The highest BCUT2D eigenvalue weighted by molar-refractivity contribution is 7.15. The number of nitrogens with one attached hydrogen (secondary N) is 1. The number of aromatic nitrogens is 3. The average Bonchev–Trinajstić information content (AvgIpc) is 3.29. The Hall–Kier alpha value is -3.85. The van der Waals surface area contributed by atoms with Gasteiger partial charge in [-0.25, -0.2) is 4.39 Å². The molecule has 4 aromatic rings. The van der Waals surface area contributed by atoms with E-state index >= 15 is 0 Å². The number of fused-ring (bicyclic) bond motifs is 3. The van der Waals surface area contributed by atoms with Crippen LogP contribution in [0.2, 0.25) is 0 Å². The molecule has 1 aliphatic heterocycles. The first-order valence-corrected chi connectivity index (χ1v) is 12.0. The van der Waals surface area contributed by atoms with E-state index in [9.17, 15) is 14.3 Å². The molecule has 2 aromatic heterocycles. The van der Waals surface area contributed by atoms with Crippen LogP contribution in [0.4, 0.5) is 15.8 Å². The van der Waals surface area contributed by atoms with E-state index in [-0.39, 0.29) is 5.82 Å². The van der Waals surface area contributed by atoms with E-state index in [0.29, 0.717) is 17.3 Å². The van der Waals surface area contributed by atoms with Gasteiger partial charge in [0, 0.05) is 27.4 Å². The van der Waals surface area contributed by atoms with Crippen molar-refractivity contribution in [3.05, 3.63) is 87.6 Å². The number of rotatable bonds is 5. The Balaban J connectivity index is 1.63. The van der Waals surface area contributed by atoms with Gasteiger partial charge in [-0.15, -0.1) is 21.5 Å². The van der Waals surface area contributed by atoms with Crippen LogP contribution in [0.1, 0.15) is 46.2 Å². The van der Waals surface area contributed by atoms with Gasteiger partial charge in [0.1, 0.15) is 22.7 Å². The second-order valence-electron chi connectivity index (χ2n) is 8.67. The van der Waals surface area contributed by atoms with Gasteiger partial charge in [-0.1, -0.05) is 18.2 Å². The lowest BCUT2D eigenvalue weighted by molar-refractivity contribution is -0.141. The minimum absolute atomic E-state index is 0.309. The van der Waals surface area contributed by atoms with E-state index in [2.05, 4.69) is 29.4 Å². The number of anilines is 2. The van der Waals surface area contributed by atoms with Crippen molar-refractivity contribution in [1.29, 1.82) is 0 Å². The Labute approximate surface area is 206 Å². The Kier molecular flexibility index (Phi) is 5.72. The number of aliphatic carboxylic acids is 1. The Bertz CT molecular complexity index is 1470. The number of aryl methyl sites for hydroxylation is 2. The Morgan fingerprint density at radius 3 is 2.54 bits per heavy atom. The van der Waals surface area contributed by atoms with Gasteiger partial charge < -0.3 is 10.4 Å². The van der Waals surface area contributed by atoms with Crippen molar-refractivity contribution in [2.75, 3.05) is 5.32 Å². The van der Waals surface area contributed by atoms with Crippen LogP contribution in [0.25, 0.3) is 5.00 Å². The van der Waals surface area contributed by atoms with Crippen LogP contribution in [0.15, 0.2) is 53.5 Å². The lowest BCUT2D eigenvalue weighted by Gasteiger charge is -2.16. The fourth-order valence-electron chi connectivity index (χ4n) is 4.26. The highest BCUT2D eigenvalue weighted by Gasteiger charge is 2.36. The third-order valence-electron chi connectivity index (χ3n) is 6.32. The van der Waals surface area contributed by atoms with Gasteiger partial charge in [0.15, 0.2) is 5.82 Å². The predicted octanol–water partition coefficient (Wildman–Crippen LogP) is 5.75. The van der Waals surface area contributed by atoms with Crippen molar-refractivity contribution in [3.8, 4) is 5.00 Å². The summed E-state index contributed by atoms with van der Waals surface area (Å²) in [5, 5.41) is 22.6. The Morgan fingerprint density at radius 1 is 1.11 bits per heavy atom. The number of hydrogen-bond acceptors (Lipinski definition) is 6. The molecule has 0 fully saturated rings. The van der Waals surface area contributed by atoms with Crippen molar-refractivity contribution < 1.29 is 14.3 Å². The number of nitrogens with zero attached hydrogens (tertiary/aromatic N) is 4. The summed E-state index contributed by atoms with van der Waals surface area (Å²) in [6, 6.07) is 13.3. The zero-order valence-electron chi connectivity index (χ0n) is 19.7. The molecule has 0 aliphatic carbocycles. The average molecular weight is 490 g/mol. The summed E-state index contributed by atoms with van der Waals surface area (Å²) in [6.07, 6.45) is 0. The van der Waals surface area contributed by atoms with Gasteiger partial charge in [-0.2, -0.15) is 0 Å². The molecule has 0 amide bonds. The number of hydrogen-bond donors (Lipinski definition) is 2. The maximum atomic E-state index is 13.6. The summed E-state index contributed by atoms with van der Waals surface area (Å²) in [5.41, 5.74) is 5.09. The van der Waals surface area contributed by atoms with Crippen LogP contribution in [0.5, 0.6) is 0 Å². The first kappa shape index (κ1) is 22.9. The second kappa shape index (κ2) is 8.74. The summed E-state index contributed by atoms with van der Waals surface area (Å²) in [7, 11) is 0. The minimum Gasteiger partial charge on any atom is -0.481 e. The SMILES string of the molecule is Cc1sc2c(c1C)C(c1ccc(Nc3cccc(F)c3)cc1)=NC([C@H](C)C(=O)O)c1nnc(C)n1-2. The van der Waals surface area contributed by atoms with Gasteiger partial charge >= 0.3 is 5.97 Å². The fourth-order valence-corrected chi connectivity index (χ4v) is 5.48. The maximum Gasteiger partial charge on any atom is 0.308 e. The van der Waals surface area contributed by atoms with Crippen LogP contribution in [0, 0.1) is 32.5 Å². The summed E-state index contributed by atoms with van der Waals surface area (Å²) >= 11 is 1.63. The number of thiophene rings is 1. The van der Waals surface area contributed by atoms with E-state index in [1.165, 1.54) is 12.1 Å². The molecule has 0 saturated heterocycles. The van der Waals surface area contributed by atoms with E-state index in [4.69, 9.17) is 4.99 Å². The number of carboxylic acids is 1. The van der Waals surface area contributed by atoms with Gasteiger partial charge in [0.2, 0.25) is 0 Å². The van der Waals surface area contributed by atoms with E-state index in [0.717, 1.165) is 38.0 Å². The van der Waals surface area contributed by atoms with Gasteiger partial charge in [0.05, 0.1) is 11.6 Å². The van der Waals surface area contributed by atoms with Crippen LogP contribution in [-0.4, -0.2) is 31.6 Å². The molecule has 0 bridgehead atoms. The molecule has 35 heavy (non-hydrogen) atoms. The van der Waals surface area contributed by atoms with Crippen molar-refractivity contribution in [1.82, 2.24) is 14.8 Å². The zero-order chi connectivity index (χ0) is 24.9. The largest absolute Gasteiger partial charge is 0.481 e. The molecule has 9 heteroatoms. The standard InChI is InChI=1S/C26H24FN5O2S/c1-13-15(3)35-25-21(13)23(29-22(14(2)26(33)34)24-31-30-16(4)32(24)25)17-8-10-19(11-9-17)28-20-7-5-6-18(27)12-20/h5-12,14,22,28H,1-4H3,(H,33,34)/t14-,22?/m0/s1. The fraction of sp³-hybridized carbons (Fsp3) is 0.231. The topological polar surface area (TPSA) is 92.4 Å². The highest BCUT2D eigenvalue weighted by Crippen LogP contribution is 2.40. The van der Waals surface area contributed by atoms with Crippen LogP contribution in [0.3, 0.4) is 0 Å². The van der Waals surface area contributed by atoms with Crippen molar-refractivity contribution in [3.63, 3.8) is 0 Å². The number of carboxylic acid groups (broad SMARTS) is 1. The van der Waals surface area contributed by atoms with Crippen molar-refractivity contribution in [2.24, 2.45) is 10.9 Å². The van der Waals surface area contributed by atoms with Crippen LogP contribution < -0.4 is 5.32 Å². The molecule has 5 rings (SSSR count). The van der Waals surface area contributed by atoms with E-state index in [1.807, 2.05) is 35.8 Å². The number of aliphatic imine (C=N–C) groups is 1. The summed E-state index contributed by atoms with van der Waals surface area (Å²) in [4.78, 5) is 18.1. The molecule has 1 aliphatic rings. The Morgan fingerprint density at radius 2 is 1.86 bits per heavy atom. The van der Waals surface area contributed by atoms with Crippen molar-refractivity contribution >= 4 is 34.4 Å². The molecule has 178 valence electrons. The molecule has 0 saturated carbocycles. The molecular formula is C26H24FN5O2S. The molecule has 0 radical (unpaired) electrons. The first-order valence-electron chi connectivity index (χ1n) is 11.2. The zero-order valence-corrected chi connectivity index (χ0v) is 20.5. The second-order valence-corrected chi connectivity index (χ2v) is 9.87. The van der Waals surface area contributed by atoms with Gasteiger partial charge in [-0.05, 0) is 63.6 Å². The van der Waals surface area contributed by atoms with E-state index in [1.54, 1.807) is 30.4 Å². The normalized spacial score (nSPS) is 15.6. The van der Waals surface area contributed by atoms with E-state index < -0.39 is 17.9 Å². The smallest absolute Gasteiger partial charge is 0.308 e. The number of carbonyl (C=O) groups is 1. The van der Waals surface area contributed by atoms with Crippen LogP contribution in [-0.2, 0) is 4.79 Å². The molecule has 7 nitrogen and oxygen atoms in total. The first-order chi connectivity index (χ1) is 16.7.